The summed E-state index contributed by atoms with van der Waals surface area (Å²) in [6.07, 6.45) is 4.90. The van der Waals surface area contributed by atoms with Crippen molar-refractivity contribution in [1.29, 1.82) is 0 Å². The van der Waals surface area contributed by atoms with Crippen LogP contribution < -0.4 is 15.6 Å². The number of hydrogen-bond acceptors (Lipinski definition) is 5. The van der Waals surface area contributed by atoms with Gasteiger partial charge in [-0.15, -0.1) is 0 Å². The second kappa shape index (κ2) is 10.3. The lowest BCUT2D eigenvalue weighted by Gasteiger charge is -2.20. The third kappa shape index (κ3) is 4.99. The number of halogens is 4. The van der Waals surface area contributed by atoms with E-state index in [1.54, 1.807) is 29.1 Å². The van der Waals surface area contributed by atoms with Gasteiger partial charge in [-0.05, 0) is 42.8 Å². The minimum atomic E-state index is -1.65. The van der Waals surface area contributed by atoms with Gasteiger partial charge in [0.1, 0.15) is 17.7 Å². The fraction of sp³-hybridized carbons (Fsp3) is 0.160. The van der Waals surface area contributed by atoms with E-state index in [0.29, 0.717) is 17.7 Å². The first kappa shape index (κ1) is 25.1. The molecule has 7 nitrogen and oxygen atoms in total. The zero-order chi connectivity index (χ0) is 26.0. The maximum atomic E-state index is 13.9. The van der Waals surface area contributed by atoms with Crippen LogP contribution in [0.25, 0.3) is 5.69 Å². The van der Waals surface area contributed by atoms with E-state index in [2.05, 4.69) is 10.3 Å². The van der Waals surface area contributed by atoms with Crippen LogP contribution >= 0.6 is 11.6 Å². The van der Waals surface area contributed by atoms with Gasteiger partial charge in [0.25, 0.3) is 5.56 Å². The van der Waals surface area contributed by atoms with Crippen LogP contribution in [-0.2, 0) is 4.79 Å². The number of carbonyl (C=O) groups excluding carboxylic acids is 1. The Morgan fingerprint density at radius 1 is 1.14 bits per heavy atom. The lowest BCUT2D eigenvalue weighted by Crippen LogP contribution is -2.27. The number of nitrogens with zero attached hydrogens (tertiary/aromatic N) is 3. The van der Waals surface area contributed by atoms with E-state index >= 15 is 0 Å². The zero-order valence-electron chi connectivity index (χ0n) is 19.1. The Morgan fingerprint density at radius 3 is 2.47 bits per heavy atom. The van der Waals surface area contributed by atoms with Crippen LogP contribution in [-0.4, -0.2) is 27.5 Å². The first-order valence-electron chi connectivity index (χ1n) is 10.7. The van der Waals surface area contributed by atoms with Gasteiger partial charge in [0, 0.05) is 30.6 Å². The summed E-state index contributed by atoms with van der Waals surface area (Å²) < 4.78 is 49.6. The van der Waals surface area contributed by atoms with E-state index in [9.17, 15) is 22.8 Å². The zero-order valence-corrected chi connectivity index (χ0v) is 19.9. The Morgan fingerprint density at radius 2 is 1.86 bits per heavy atom. The standard InChI is InChI=1S/C25H20ClF3N4O3/c1-14-11-32(13-30-14)22-4-3-17(10-23(22)36-2)31-20-9-16(26)12-33(25(20)35)21(5-6-34)15-7-18(27)24(29)19(28)8-15/h3-4,6-13,21,31H,5H2,1-2H3. The molecular formula is C25H20ClF3N4O3. The molecule has 0 saturated carbocycles. The van der Waals surface area contributed by atoms with Crippen LogP contribution in [0, 0.1) is 24.4 Å². The lowest BCUT2D eigenvalue weighted by atomic mass is 10.0. The van der Waals surface area contributed by atoms with Gasteiger partial charge in [0.15, 0.2) is 17.5 Å². The number of benzene rings is 2. The average molecular weight is 517 g/mol. The smallest absolute Gasteiger partial charge is 0.274 e. The molecule has 2 heterocycles. The van der Waals surface area contributed by atoms with Crippen LogP contribution in [0.5, 0.6) is 5.75 Å². The van der Waals surface area contributed by atoms with E-state index in [0.717, 1.165) is 28.1 Å². The predicted octanol–water partition coefficient (Wildman–Crippen LogP) is 5.34. The molecule has 11 heteroatoms. The molecule has 0 aliphatic rings. The number of aryl methyl sites for hydroxylation is 1. The summed E-state index contributed by atoms with van der Waals surface area (Å²) >= 11 is 6.24. The summed E-state index contributed by atoms with van der Waals surface area (Å²) in [5, 5.41) is 3.09. The van der Waals surface area contributed by atoms with Crippen molar-refractivity contribution in [1.82, 2.24) is 14.1 Å². The number of aromatic nitrogens is 3. The topological polar surface area (TPSA) is 78.1 Å². The number of imidazole rings is 1. The van der Waals surface area contributed by atoms with Gasteiger partial charge in [0.05, 0.1) is 35.9 Å². The summed E-state index contributed by atoms with van der Waals surface area (Å²) in [7, 11) is 1.50. The van der Waals surface area contributed by atoms with E-state index in [1.807, 2.05) is 13.1 Å². The normalized spacial score (nSPS) is 11.8. The van der Waals surface area contributed by atoms with Crippen LogP contribution in [0.3, 0.4) is 0 Å². The van der Waals surface area contributed by atoms with Gasteiger partial charge < -0.3 is 24.0 Å². The number of rotatable bonds is 8. The van der Waals surface area contributed by atoms with Gasteiger partial charge in [-0.2, -0.15) is 0 Å². The highest BCUT2D eigenvalue weighted by Crippen LogP contribution is 2.30. The van der Waals surface area contributed by atoms with Crippen molar-refractivity contribution in [2.75, 3.05) is 12.4 Å². The molecule has 2 aromatic carbocycles. The van der Waals surface area contributed by atoms with Crippen LogP contribution in [0.2, 0.25) is 5.02 Å². The summed E-state index contributed by atoms with van der Waals surface area (Å²) in [6, 6.07) is 6.89. The highest BCUT2D eigenvalue weighted by Gasteiger charge is 2.21. The largest absolute Gasteiger partial charge is 0.494 e. The molecule has 0 spiro atoms. The molecule has 4 rings (SSSR count). The van der Waals surface area contributed by atoms with Gasteiger partial charge in [-0.1, -0.05) is 11.6 Å². The number of carbonyl (C=O) groups is 1. The number of nitrogens with one attached hydrogen (secondary N) is 1. The quantitative estimate of drug-likeness (QED) is 0.252. The van der Waals surface area contributed by atoms with Gasteiger partial charge in [-0.25, -0.2) is 18.2 Å². The second-order valence-corrected chi connectivity index (χ2v) is 8.37. The molecule has 2 aromatic heterocycles. The highest BCUT2D eigenvalue weighted by atomic mass is 35.5. The molecule has 36 heavy (non-hydrogen) atoms. The fourth-order valence-corrected chi connectivity index (χ4v) is 4.05. The van der Waals surface area contributed by atoms with E-state index < -0.39 is 29.1 Å². The van der Waals surface area contributed by atoms with Crippen molar-refractivity contribution < 1.29 is 22.7 Å². The van der Waals surface area contributed by atoms with Gasteiger partial charge in [0.2, 0.25) is 0 Å². The lowest BCUT2D eigenvalue weighted by molar-refractivity contribution is -0.108. The minimum Gasteiger partial charge on any atom is -0.494 e. The Hall–Kier alpha value is -4.05. The first-order chi connectivity index (χ1) is 17.2. The molecule has 0 aliphatic heterocycles. The molecule has 186 valence electrons. The molecule has 0 bridgehead atoms. The Labute approximate surface area is 208 Å². The van der Waals surface area contributed by atoms with Crippen molar-refractivity contribution in [2.45, 2.75) is 19.4 Å². The van der Waals surface area contributed by atoms with Crippen molar-refractivity contribution in [3.05, 3.63) is 99.2 Å². The maximum Gasteiger partial charge on any atom is 0.274 e. The molecule has 0 aliphatic carbocycles. The monoisotopic (exact) mass is 516 g/mol. The summed E-state index contributed by atoms with van der Waals surface area (Å²) in [4.78, 5) is 28.9. The van der Waals surface area contributed by atoms with E-state index in [-0.39, 0.29) is 22.7 Å². The third-order valence-corrected chi connectivity index (χ3v) is 5.71. The fourth-order valence-electron chi connectivity index (χ4n) is 3.83. The van der Waals surface area contributed by atoms with Crippen LogP contribution in [0.15, 0.2) is 59.9 Å². The highest BCUT2D eigenvalue weighted by molar-refractivity contribution is 6.30. The number of pyridine rings is 1. The predicted molar refractivity (Wildman–Crippen MR) is 129 cm³/mol. The van der Waals surface area contributed by atoms with E-state index in [1.165, 1.54) is 19.4 Å². The number of aldehydes is 1. The molecule has 0 radical (unpaired) electrons. The second-order valence-electron chi connectivity index (χ2n) is 7.94. The Bertz CT molecular complexity index is 1480. The van der Waals surface area contributed by atoms with E-state index in [4.69, 9.17) is 16.3 Å². The molecule has 1 unspecified atom stereocenters. The van der Waals surface area contributed by atoms with Crippen molar-refractivity contribution in [3.63, 3.8) is 0 Å². The molecular weight excluding hydrogens is 497 g/mol. The summed E-state index contributed by atoms with van der Waals surface area (Å²) in [5.41, 5.74) is 1.35. The summed E-state index contributed by atoms with van der Waals surface area (Å²) in [6.45, 7) is 1.86. The van der Waals surface area contributed by atoms with Crippen molar-refractivity contribution in [2.24, 2.45) is 0 Å². The van der Waals surface area contributed by atoms with Crippen LogP contribution in [0.1, 0.15) is 23.7 Å². The number of hydrogen-bond donors (Lipinski definition) is 1. The van der Waals surface area contributed by atoms with Crippen molar-refractivity contribution >= 4 is 29.3 Å². The average Bonchev–Trinajstić information content (AvgIpc) is 3.28. The maximum absolute atomic E-state index is 13.9. The van der Waals surface area contributed by atoms with Gasteiger partial charge in [-0.3, -0.25) is 4.79 Å². The third-order valence-electron chi connectivity index (χ3n) is 5.50. The van der Waals surface area contributed by atoms with Gasteiger partial charge >= 0.3 is 0 Å². The molecule has 4 aromatic rings. The first-order valence-corrected chi connectivity index (χ1v) is 11.1. The Kier molecular flexibility index (Phi) is 7.16. The minimum absolute atomic E-state index is 0.0368. The Balaban J connectivity index is 1.74. The SMILES string of the molecule is COc1cc(Nc2cc(Cl)cn(C(CC=O)c3cc(F)c(F)c(F)c3)c2=O)ccc1-n1cnc(C)c1. The summed E-state index contributed by atoms with van der Waals surface area (Å²) in [5.74, 6) is -4.02. The molecule has 0 amide bonds. The molecule has 1 N–H and O–H groups in total. The van der Waals surface area contributed by atoms with Crippen molar-refractivity contribution in [3.8, 4) is 11.4 Å². The number of ether oxygens (including phenoxy) is 1. The molecule has 0 fully saturated rings. The molecule has 0 saturated heterocycles. The van der Waals surface area contributed by atoms with Crippen LogP contribution in [0.4, 0.5) is 24.5 Å². The number of methoxy groups -OCH3 is 1. The molecule has 1 atom stereocenters. The number of anilines is 2.